The van der Waals surface area contributed by atoms with Crippen molar-refractivity contribution in [2.75, 3.05) is 5.32 Å². The molecule has 3 rings (SSSR count). The number of hydrogen-bond donors (Lipinski definition) is 1. The number of anilines is 1. The molecule has 2 aromatic carbocycles. The number of aryl methyl sites for hydroxylation is 1. The van der Waals surface area contributed by atoms with Gasteiger partial charge in [-0.25, -0.2) is 0 Å². The molecule has 1 N–H and O–H groups in total. The summed E-state index contributed by atoms with van der Waals surface area (Å²) >= 11 is 5.84. The van der Waals surface area contributed by atoms with Crippen LogP contribution in [0.1, 0.15) is 24.0 Å². The average molecular weight is 340 g/mol. The number of rotatable bonds is 5. The summed E-state index contributed by atoms with van der Waals surface area (Å²) in [6.07, 6.45) is 4.39. The molecule has 0 aliphatic heterocycles. The van der Waals surface area contributed by atoms with Gasteiger partial charge in [-0.2, -0.15) is 0 Å². The lowest BCUT2D eigenvalue weighted by Gasteiger charge is -2.12. The summed E-state index contributed by atoms with van der Waals surface area (Å²) in [7, 11) is 0. The molecule has 0 saturated heterocycles. The van der Waals surface area contributed by atoms with Gasteiger partial charge in [-0.3, -0.25) is 9.59 Å². The van der Waals surface area contributed by atoms with E-state index in [2.05, 4.69) is 5.32 Å². The highest BCUT2D eigenvalue weighted by Crippen LogP contribution is 2.47. The number of halogens is 1. The topological polar surface area (TPSA) is 46.2 Å². The second-order valence-electron chi connectivity index (χ2n) is 6.15. The van der Waals surface area contributed by atoms with Crippen LogP contribution in [0.25, 0.3) is 6.08 Å². The van der Waals surface area contributed by atoms with E-state index < -0.39 is 5.41 Å². The minimum absolute atomic E-state index is 0.151. The van der Waals surface area contributed by atoms with Crippen LogP contribution in [0.15, 0.2) is 54.6 Å². The summed E-state index contributed by atoms with van der Waals surface area (Å²) < 4.78 is 0. The minimum Gasteiger partial charge on any atom is -0.325 e. The Morgan fingerprint density at radius 3 is 2.25 bits per heavy atom. The van der Waals surface area contributed by atoms with E-state index in [1.165, 1.54) is 6.08 Å². The molecule has 4 heteroatoms. The number of carbonyl (C=O) groups is 2. The molecule has 0 radical (unpaired) electrons. The molecule has 24 heavy (non-hydrogen) atoms. The summed E-state index contributed by atoms with van der Waals surface area (Å²) in [5.41, 5.74) is 1.80. The van der Waals surface area contributed by atoms with Crippen LogP contribution in [0.5, 0.6) is 0 Å². The number of carbonyl (C=O) groups excluding carboxylic acids is 2. The Balaban J connectivity index is 1.68. The number of ketones is 1. The van der Waals surface area contributed by atoms with Gasteiger partial charge in [0, 0.05) is 10.7 Å². The van der Waals surface area contributed by atoms with Crippen LogP contribution in [-0.4, -0.2) is 11.7 Å². The van der Waals surface area contributed by atoms with Gasteiger partial charge < -0.3 is 5.32 Å². The van der Waals surface area contributed by atoms with E-state index >= 15 is 0 Å². The fourth-order valence-corrected chi connectivity index (χ4v) is 2.63. The lowest BCUT2D eigenvalue weighted by atomic mass is 9.98. The number of hydrogen-bond acceptors (Lipinski definition) is 2. The van der Waals surface area contributed by atoms with E-state index in [4.69, 9.17) is 11.6 Å². The van der Waals surface area contributed by atoms with Gasteiger partial charge in [0.05, 0.1) is 0 Å². The maximum Gasteiger partial charge on any atom is 0.238 e. The summed E-state index contributed by atoms with van der Waals surface area (Å²) in [6, 6.07) is 14.7. The van der Waals surface area contributed by atoms with E-state index in [1.807, 2.05) is 43.3 Å². The fourth-order valence-electron chi connectivity index (χ4n) is 2.50. The van der Waals surface area contributed by atoms with Crippen molar-refractivity contribution in [3.63, 3.8) is 0 Å². The molecule has 2 aromatic rings. The Hall–Kier alpha value is -2.39. The molecule has 0 atom stereocenters. The number of allylic oxidation sites excluding steroid dienone is 1. The first-order valence-corrected chi connectivity index (χ1v) is 8.24. The van der Waals surface area contributed by atoms with Crippen molar-refractivity contribution in [3.8, 4) is 0 Å². The van der Waals surface area contributed by atoms with Crippen LogP contribution in [0.3, 0.4) is 0 Å². The van der Waals surface area contributed by atoms with Crippen molar-refractivity contribution in [1.82, 2.24) is 0 Å². The Bertz CT molecular complexity index is 787. The van der Waals surface area contributed by atoms with Crippen molar-refractivity contribution in [2.45, 2.75) is 19.8 Å². The normalized spacial score (nSPS) is 15.2. The van der Waals surface area contributed by atoms with E-state index in [0.717, 1.165) is 11.1 Å². The van der Waals surface area contributed by atoms with E-state index in [1.54, 1.807) is 18.2 Å². The second kappa shape index (κ2) is 6.62. The third-order valence-electron chi connectivity index (χ3n) is 4.26. The molecule has 122 valence electrons. The van der Waals surface area contributed by atoms with Crippen LogP contribution in [0.4, 0.5) is 5.69 Å². The van der Waals surface area contributed by atoms with Crippen molar-refractivity contribution in [3.05, 3.63) is 70.8 Å². The molecule has 1 saturated carbocycles. The molecule has 0 aromatic heterocycles. The summed E-state index contributed by atoms with van der Waals surface area (Å²) in [5, 5.41) is 3.50. The third kappa shape index (κ3) is 3.57. The van der Waals surface area contributed by atoms with Crippen LogP contribution in [0, 0.1) is 12.3 Å². The highest BCUT2D eigenvalue weighted by Gasteiger charge is 2.55. The molecule has 0 heterocycles. The fraction of sp³-hybridized carbons (Fsp3) is 0.200. The van der Waals surface area contributed by atoms with Gasteiger partial charge >= 0.3 is 0 Å². The van der Waals surface area contributed by atoms with Gasteiger partial charge in [-0.15, -0.1) is 0 Å². The molecular formula is C20H18ClNO2. The first-order valence-electron chi connectivity index (χ1n) is 7.86. The highest BCUT2D eigenvalue weighted by atomic mass is 35.5. The van der Waals surface area contributed by atoms with Crippen LogP contribution in [0.2, 0.25) is 5.02 Å². The van der Waals surface area contributed by atoms with Gasteiger partial charge in [0.25, 0.3) is 0 Å². The summed E-state index contributed by atoms with van der Waals surface area (Å²) in [5.74, 6) is -0.376. The second-order valence-corrected chi connectivity index (χ2v) is 6.59. The number of nitrogens with one attached hydrogen (secondary N) is 1. The molecule has 1 aliphatic rings. The van der Waals surface area contributed by atoms with Crippen molar-refractivity contribution in [1.29, 1.82) is 0 Å². The van der Waals surface area contributed by atoms with Gasteiger partial charge in [-0.1, -0.05) is 47.5 Å². The largest absolute Gasteiger partial charge is 0.325 e. The van der Waals surface area contributed by atoms with Crippen LogP contribution in [-0.2, 0) is 9.59 Å². The molecule has 1 amide bonds. The molecule has 0 spiro atoms. The van der Waals surface area contributed by atoms with Crippen molar-refractivity contribution >= 4 is 35.1 Å². The average Bonchev–Trinajstić information content (AvgIpc) is 3.38. The minimum atomic E-state index is -0.909. The van der Waals surface area contributed by atoms with Gasteiger partial charge in [0.2, 0.25) is 5.91 Å². The SMILES string of the molecule is Cc1ccc(NC(=O)C2(C(=O)/C=C/c3ccc(Cl)cc3)CC2)cc1. The van der Waals surface area contributed by atoms with E-state index in [0.29, 0.717) is 23.6 Å². The Kier molecular flexibility index (Phi) is 4.54. The zero-order valence-electron chi connectivity index (χ0n) is 13.4. The quantitative estimate of drug-likeness (QED) is 0.636. The van der Waals surface area contributed by atoms with Crippen molar-refractivity contribution in [2.24, 2.45) is 5.41 Å². The standard InChI is InChI=1S/C20H18ClNO2/c1-14-2-9-17(10-3-14)22-19(24)20(12-13-20)18(23)11-6-15-4-7-16(21)8-5-15/h2-11H,12-13H2,1H3,(H,22,24)/b11-6+. The van der Waals surface area contributed by atoms with Crippen LogP contribution >= 0.6 is 11.6 Å². The highest BCUT2D eigenvalue weighted by molar-refractivity contribution is 6.30. The number of amides is 1. The lowest BCUT2D eigenvalue weighted by Crippen LogP contribution is -2.30. The maximum absolute atomic E-state index is 12.5. The predicted octanol–water partition coefficient (Wildman–Crippen LogP) is 4.65. The van der Waals surface area contributed by atoms with E-state index in [-0.39, 0.29) is 11.7 Å². The molecule has 1 fully saturated rings. The summed E-state index contributed by atoms with van der Waals surface area (Å²) in [6.45, 7) is 1.99. The summed E-state index contributed by atoms with van der Waals surface area (Å²) in [4.78, 5) is 25.0. The zero-order chi connectivity index (χ0) is 17.2. The molecule has 0 bridgehead atoms. The third-order valence-corrected chi connectivity index (χ3v) is 4.51. The first-order chi connectivity index (χ1) is 11.5. The lowest BCUT2D eigenvalue weighted by molar-refractivity contribution is -0.130. The maximum atomic E-state index is 12.5. The van der Waals surface area contributed by atoms with E-state index in [9.17, 15) is 9.59 Å². The smallest absolute Gasteiger partial charge is 0.238 e. The Morgan fingerprint density at radius 2 is 1.67 bits per heavy atom. The van der Waals surface area contributed by atoms with Gasteiger partial charge in [-0.05, 0) is 55.7 Å². The Labute approximate surface area is 146 Å². The van der Waals surface area contributed by atoms with Crippen molar-refractivity contribution < 1.29 is 9.59 Å². The molecule has 0 unspecified atom stereocenters. The Morgan fingerprint density at radius 1 is 1.04 bits per heavy atom. The molecule has 1 aliphatic carbocycles. The van der Waals surface area contributed by atoms with Gasteiger partial charge in [0.15, 0.2) is 5.78 Å². The van der Waals surface area contributed by atoms with Crippen LogP contribution < -0.4 is 5.32 Å². The first kappa shape index (κ1) is 16.5. The monoisotopic (exact) mass is 339 g/mol. The molecule has 3 nitrogen and oxygen atoms in total. The molecular weight excluding hydrogens is 322 g/mol. The van der Waals surface area contributed by atoms with Gasteiger partial charge in [0.1, 0.15) is 5.41 Å². The number of benzene rings is 2. The zero-order valence-corrected chi connectivity index (χ0v) is 14.1. The predicted molar refractivity (Wildman–Crippen MR) is 97.0 cm³/mol.